The number of ether oxygens (including phenoxy) is 1. The molecule has 11 heteroatoms. The molecule has 170 valence electrons. The molecule has 2 amide bonds. The van der Waals surface area contributed by atoms with Crippen LogP contribution in [0.3, 0.4) is 0 Å². The lowest BCUT2D eigenvalue weighted by Crippen LogP contribution is -2.43. The normalized spacial score (nSPS) is 17.2. The van der Waals surface area contributed by atoms with Gasteiger partial charge in [-0.25, -0.2) is 8.42 Å². The fourth-order valence-corrected chi connectivity index (χ4v) is 5.93. The molecule has 0 spiro atoms. The minimum Gasteiger partial charge on any atom is -0.482 e. The van der Waals surface area contributed by atoms with Crippen LogP contribution in [0.4, 0.5) is 5.69 Å². The van der Waals surface area contributed by atoms with Gasteiger partial charge in [-0.3, -0.25) is 9.59 Å². The molecular formula is C21H21Cl2N3O5S. The monoisotopic (exact) mass is 497 g/mol. The van der Waals surface area contributed by atoms with E-state index in [1.807, 2.05) is 18.2 Å². The zero-order valence-electron chi connectivity index (χ0n) is 16.9. The van der Waals surface area contributed by atoms with Gasteiger partial charge in [-0.1, -0.05) is 41.4 Å². The van der Waals surface area contributed by atoms with E-state index in [-0.39, 0.29) is 53.1 Å². The molecule has 0 radical (unpaired) electrons. The number of hydrogen-bond donors (Lipinski definition) is 2. The maximum Gasteiger partial charge on any atom is 0.262 e. The Kier molecular flexibility index (Phi) is 6.62. The highest BCUT2D eigenvalue weighted by Gasteiger charge is 2.34. The number of carbonyl (C=O) groups excluding carboxylic acids is 2. The van der Waals surface area contributed by atoms with Gasteiger partial charge in [0.15, 0.2) is 6.61 Å². The van der Waals surface area contributed by atoms with E-state index in [4.69, 9.17) is 27.9 Å². The number of benzene rings is 2. The van der Waals surface area contributed by atoms with Gasteiger partial charge in [-0.2, -0.15) is 4.31 Å². The Morgan fingerprint density at radius 1 is 1.16 bits per heavy atom. The molecule has 32 heavy (non-hydrogen) atoms. The summed E-state index contributed by atoms with van der Waals surface area (Å²) in [5.41, 5.74) is 1.15. The fourth-order valence-electron chi connectivity index (χ4n) is 3.74. The summed E-state index contributed by atoms with van der Waals surface area (Å²) in [7, 11) is -3.89. The van der Waals surface area contributed by atoms with E-state index in [2.05, 4.69) is 10.6 Å². The van der Waals surface area contributed by atoms with Gasteiger partial charge < -0.3 is 15.4 Å². The Hall–Kier alpha value is -2.33. The number of rotatable bonds is 5. The van der Waals surface area contributed by atoms with E-state index in [0.29, 0.717) is 30.1 Å². The van der Waals surface area contributed by atoms with Gasteiger partial charge in [-0.15, -0.1) is 0 Å². The molecule has 2 N–H and O–H groups in total. The SMILES string of the molecule is O=C1COc2cc(S(=O)(=O)N3CCC(C(=O)NCc4ccccc4Cl)CC3)c(Cl)cc2N1. The topological polar surface area (TPSA) is 105 Å². The van der Waals surface area contributed by atoms with Crippen molar-refractivity contribution >= 4 is 50.7 Å². The van der Waals surface area contributed by atoms with Gasteiger partial charge >= 0.3 is 0 Å². The third kappa shape index (κ3) is 4.71. The molecule has 0 bridgehead atoms. The second kappa shape index (κ2) is 9.27. The number of hydrogen-bond acceptors (Lipinski definition) is 5. The summed E-state index contributed by atoms with van der Waals surface area (Å²) < 4.78 is 33.0. The average molecular weight is 498 g/mol. The van der Waals surface area contributed by atoms with Crippen molar-refractivity contribution in [2.45, 2.75) is 24.3 Å². The lowest BCUT2D eigenvalue weighted by molar-refractivity contribution is -0.126. The number of nitrogens with zero attached hydrogens (tertiary/aromatic N) is 1. The number of halogens is 2. The molecule has 8 nitrogen and oxygen atoms in total. The molecule has 0 aromatic heterocycles. The van der Waals surface area contributed by atoms with E-state index < -0.39 is 10.0 Å². The predicted octanol–water partition coefficient (Wildman–Crippen LogP) is 3.04. The van der Waals surface area contributed by atoms with E-state index in [0.717, 1.165) is 5.56 Å². The summed E-state index contributed by atoms with van der Waals surface area (Å²) in [4.78, 5) is 23.9. The van der Waals surface area contributed by atoms with Crippen molar-refractivity contribution < 1.29 is 22.7 Å². The molecule has 0 saturated carbocycles. The van der Waals surface area contributed by atoms with Crippen molar-refractivity contribution in [2.75, 3.05) is 25.0 Å². The van der Waals surface area contributed by atoms with Crippen LogP contribution >= 0.6 is 23.2 Å². The summed E-state index contributed by atoms with van der Waals surface area (Å²) in [6, 6.07) is 9.97. The van der Waals surface area contributed by atoms with Crippen LogP contribution in [0.1, 0.15) is 18.4 Å². The zero-order valence-corrected chi connectivity index (χ0v) is 19.3. The van der Waals surface area contributed by atoms with Crippen LogP contribution in [0, 0.1) is 5.92 Å². The van der Waals surface area contributed by atoms with Gasteiger partial charge in [0.25, 0.3) is 5.91 Å². The summed E-state index contributed by atoms with van der Waals surface area (Å²) in [6.07, 6.45) is 0.783. The fraction of sp³-hybridized carbons (Fsp3) is 0.333. The Labute approximate surface area is 195 Å². The van der Waals surface area contributed by atoms with Crippen molar-refractivity contribution in [1.29, 1.82) is 0 Å². The minimum atomic E-state index is -3.89. The highest BCUT2D eigenvalue weighted by molar-refractivity contribution is 7.89. The van der Waals surface area contributed by atoms with Crippen LogP contribution in [0.15, 0.2) is 41.3 Å². The number of piperidine rings is 1. The minimum absolute atomic E-state index is 0.00541. The molecule has 0 atom stereocenters. The molecule has 2 aliphatic heterocycles. The van der Waals surface area contributed by atoms with Gasteiger partial charge in [0.05, 0.1) is 10.7 Å². The van der Waals surface area contributed by atoms with Crippen LogP contribution in [-0.4, -0.2) is 44.2 Å². The number of sulfonamides is 1. The maximum atomic E-state index is 13.2. The molecular weight excluding hydrogens is 477 g/mol. The number of anilines is 1. The summed E-state index contributed by atoms with van der Waals surface area (Å²) in [5.74, 6) is -0.500. The standard InChI is InChI=1S/C21H21Cl2N3O5S/c22-15-4-2-1-3-14(15)11-24-21(28)13-5-7-26(8-6-13)32(29,30)19-10-18-17(9-16(19)23)25-20(27)12-31-18/h1-4,9-10,13H,5-8,11-12H2,(H,24,28)(H,25,27). The maximum absolute atomic E-state index is 13.2. The number of fused-ring (bicyclic) bond motifs is 1. The highest BCUT2D eigenvalue weighted by atomic mass is 35.5. The quantitative estimate of drug-likeness (QED) is 0.660. The Balaban J connectivity index is 1.40. The van der Waals surface area contributed by atoms with Crippen LogP contribution in [0.2, 0.25) is 10.0 Å². The zero-order chi connectivity index (χ0) is 22.9. The van der Waals surface area contributed by atoms with Crippen molar-refractivity contribution in [3.63, 3.8) is 0 Å². The van der Waals surface area contributed by atoms with E-state index >= 15 is 0 Å². The van der Waals surface area contributed by atoms with Gasteiger partial charge in [0.2, 0.25) is 15.9 Å². The lowest BCUT2D eigenvalue weighted by atomic mass is 9.97. The Bertz CT molecular complexity index is 1160. The molecule has 1 fully saturated rings. The molecule has 1 saturated heterocycles. The number of carbonyl (C=O) groups is 2. The number of nitrogens with one attached hydrogen (secondary N) is 2. The molecule has 2 aliphatic rings. The third-order valence-corrected chi connectivity index (χ3v) is 8.25. The molecule has 2 heterocycles. The van der Waals surface area contributed by atoms with E-state index in [9.17, 15) is 18.0 Å². The predicted molar refractivity (Wildman–Crippen MR) is 120 cm³/mol. The Morgan fingerprint density at radius 3 is 2.59 bits per heavy atom. The first-order valence-corrected chi connectivity index (χ1v) is 12.2. The first kappa shape index (κ1) is 22.8. The molecule has 4 rings (SSSR count). The Morgan fingerprint density at radius 2 is 1.88 bits per heavy atom. The van der Waals surface area contributed by atoms with Crippen LogP contribution < -0.4 is 15.4 Å². The van der Waals surface area contributed by atoms with Crippen molar-refractivity contribution in [3.8, 4) is 5.75 Å². The second-order valence-corrected chi connectivity index (χ2v) is 10.3. The molecule has 0 aliphatic carbocycles. The summed E-state index contributed by atoms with van der Waals surface area (Å²) >= 11 is 12.3. The summed E-state index contributed by atoms with van der Waals surface area (Å²) in [6.45, 7) is 0.510. The van der Waals surface area contributed by atoms with Crippen molar-refractivity contribution in [1.82, 2.24) is 9.62 Å². The lowest BCUT2D eigenvalue weighted by Gasteiger charge is -2.31. The van der Waals surface area contributed by atoms with E-state index in [1.54, 1.807) is 6.07 Å². The highest BCUT2D eigenvalue weighted by Crippen LogP contribution is 2.37. The van der Waals surface area contributed by atoms with Crippen LogP contribution in [0.25, 0.3) is 0 Å². The smallest absolute Gasteiger partial charge is 0.262 e. The van der Waals surface area contributed by atoms with Crippen molar-refractivity contribution in [3.05, 3.63) is 52.0 Å². The van der Waals surface area contributed by atoms with Gasteiger partial charge in [0.1, 0.15) is 10.6 Å². The third-order valence-electron chi connectivity index (χ3n) is 5.52. The number of amides is 2. The van der Waals surface area contributed by atoms with Gasteiger partial charge in [0, 0.05) is 36.6 Å². The van der Waals surface area contributed by atoms with Crippen LogP contribution in [0.5, 0.6) is 5.75 Å². The van der Waals surface area contributed by atoms with Gasteiger partial charge in [-0.05, 0) is 30.5 Å². The average Bonchev–Trinajstić information content (AvgIpc) is 2.77. The van der Waals surface area contributed by atoms with Crippen molar-refractivity contribution in [2.24, 2.45) is 5.92 Å². The molecule has 2 aromatic carbocycles. The summed E-state index contributed by atoms with van der Waals surface area (Å²) in [5, 5.41) is 6.05. The molecule has 0 unspecified atom stereocenters. The first-order chi connectivity index (χ1) is 15.3. The first-order valence-electron chi connectivity index (χ1n) is 10.0. The largest absolute Gasteiger partial charge is 0.482 e. The molecule has 2 aromatic rings. The van der Waals surface area contributed by atoms with E-state index in [1.165, 1.54) is 16.4 Å². The second-order valence-electron chi connectivity index (χ2n) is 7.60. The van der Waals surface area contributed by atoms with Crippen LogP contribution in [-0.2, 0) is 26.2 Å².